The van der Waals surface area contributed by atoms with E-state index < -0.39 is 5.60 Å². The highest BCUT2D eigenvalue weighted by molar-refractivity contribution is 14.0. The molecule has 1 fully saturated rings. The van der Waals surface area contributed by atoms with Crippen molar-refractivity contribution < 1.29 is 5.11 Å². The third kappa shape index (κ3) is 5.38. The monoisotopic (exact) mass is 437 g/mol. The number of thiophene rings is 1. The van der Waals surface area contributed by atoms with Crippen LogP contribution in [0.1, 0.15) is 44.9 Å². The van der Waals surface area contributed by atoms with Crippen LogP contribution in [0.2, 0.25) is 0 Å². The van der Waals surface area contributed by atoms with Gasteiger partial charge in [0.1, 0.15) is 0 Å². The van der Waals surface area contributed by atoms with Gasteiger partial charge in [0.25, 0.3) is 0 Å². The van der Waals surface area contributed by atoms with Gasteiger partial charge in [-0.2, -0.15) is 0 Å². The third-order valence-electron chi connectivity index (χ3n) is 4.03. The largest absolute Gasteiger partial charge is 0.388 e. The Labute approximate surface area is 154 Å². The summed E-state index contributed by atoms with van der Waals surface area (Å²) in [5, 5.41) is 18.8. The van der Waals surface area contributed by atoms with E-state index in [1.54, 1.807) is 11.3 Å². The van der Waals surface area contributed by atoms with Crippen LogP contribution < -0.4 is 10.6 Å². The minimum atomic E-state index is -0.528. The van der Waals surface area contributed by atoms with Crippen LogP contribution in [0.15, 0.2) is 22.5 Å². The first-order valence-corrected chi connectivity index (χ1v) is 8.62. The zero-order chi connectivity index (χ0) is 15.3. The lowest BCUT2D eigenvalue weighted by Gasteiger charge is -2.37. The fraction of sp³-hybridized carbons (Fsp3) is 0.688. The normalized spacial score (nSPS) is 17.4. The molecule has 2 rings (SSSR count). The van der Waals surface area contributed by atoms with Crippen molar-refractivity contribution in [3.05, 3.63) is 22.4 Å². The maximum Gasteiger partial charge on any atom is 0.191 e. The van der Waals surface area contributed by atoms with Crippen molar-refractivity contribution in [3.8, 4) is 0 Å². The lowest BCUT2D eigenvalue weighted by Crippen LogP contribution is -2.50. The highest BCUT2D eigenvalue weighted by atomic mass is 127. The molecule has 1 aliphatic rings. The lowest BCUT2D eigenvalue weighted by atomic mass is 9.80. The number of aliphatic hydroxyl groups is 1. The molecular formula is C16H28IN3OS. The number of guanidine groups is 1. The molecule has 126 valence electrons. The number of nitrogens with one attached hydrogen (secondary N) is 2. The average molecular weight is 437 g/mol. The van der Waals surface area contributed by atoms with Crippen LogP contribution in [0.3, 0.4) is 0 Å². The quantitative estimate of drug-likeness (QED) is 0.364. The van der Waals surface area contributed by atoms with Gasteiger partial charge in [-0.3, -0.25) is 4.99 Å². The molecule has 0 atom stereocenters. The topological polar surface area (TPSA) is 56.7 Å². The maximum absolute atomic E-state index is 10.2. The van der Waals surface area contributed by atoms with Crippen molar-refractivity contribution in [2.24, 2.45) is 4.99 Å². The number of nitrogens with zero attached hydrogens (tertiary/aromatic N) is 1. The molecule has 22 heavy (non-hydrogen) atoms. The molecule has 1 aromatic heterocycles. The van der Waals surface area contributed by atoms with Crippen LogP contribution in [0, 0.1) is 0 Å². The van der Waals surface area contributed by atoms with Gasteiger partial charge in [-0.15, -0.1) is 35.3 Å². The minimum Gasteiger partial charge on any atom is -0.388 e. The first kappa shape index (κ1) is 19.7. The Balaban J connectivity index is 0.00000242. The average Bonchev–Trinajstić information content (AvgIpc) is 2.94. The van der Waals surface area contributed by atoms with Crippen molar-refractivity contribution in [1.82, 2.24) is 10.6 Å². The fourth-order valence-electron chi connectivity index (χ4n) is 2.37. The molecule has 0 spiro atoms. The van der Waals surface area contributed by atoms with E-state index in [9.17, 15) is 5.11 Å². The van der Waals surface area contributed by atoms with Gasteiger partial charge in [0.2, 0.25) is 0 Å². The van der Waals surface area contributed by atoms with Gasteiger partial charge in [0.05, 0.1) is 12.1 Å². The van der Waals surface area contributed by atoms with E-state index in [1.165, 1.54) is 4.88 Å². The summed E-state index contributed by atoms with van der Waals surface area (Å²) in [4.78, 5) is 6.04. The van der Waals surface area contributed by atoms with Gasteiger partial charge >= 0.3 is 0 Å². The summed E-state index contributed by atoms with van der Waals surface area (Å²) >= 11 is 1.78. The summed E-state index contributed by atoms with van der Waals surface area (Å²) < 4.78 is 0. The maximum atomic E-state index is 10.2. The Morgan fingerprint density at radius 2 is 2.14 bits per heavy atom. The second-order valence-electron chi connectivity index (χ2n) is 6.49. The van der Waals surface area contributed by atoms with E-state index in [2.05, 4.69) is 48.9 Å². The van der Waals surface area contributed by atoms with Crippen molar-refractivity contribution in [2.75, 3.05) is 19.6 Å². The summed E-state index contributed by atoms with van der Waals surface area (Å²) in [5.41, 5.74) is -0.497. The van der Waals surface area contributed by atoms with Crippen LogP contribution in [0.4, 0.5) is 0 Å². The molecule has 4 nitrogen and oxygen atoms in total. The molecule has 0 aromatic carbocycles. The summed E-state index contributed by atoms with van der Waals surface area (Å²) in [6.07, 6.45) is 2.90. The van der Waals surface area contributed by atoms with Gasteiger partial charge in [0.15, 0.2) is 5.96 Å². The summed E-state index contributed by atoms with van der Waals surface area (Å²) in [7, 11) is 0. The van der Waals surface area contributed by atoms with Crippen LogP contribution in [0.25, 0.3) is 0 Å². The van der Waals surface area contributed by atoms with Gasteiger partial charge in [-0.05, 0) is 37.6 Å². The van der Waals surface area contributed by atoms with Crippen molar-refractivity contribution in [1.29, 1.82) is 0 Å². The molecule has 0 unspecified atom stereocenters. The van der Waals surface area contributed by atoms with Gasteiger partial charge < -0.3 is 15.7 Å². The third-order valence-corrected chi connectivity index (χ3v) is 5.27. The Hall–Kier alpha value is -0.340. The lowest BCUT2D eigenvalue weighted by molar-refractivity contribution is -0.0279. The van der Waals surface area contributed by atoms with Crippen LogP contribution in [-0.4, -0.2) is 36.3 Å². The molecule has 0 amide bonds. The highest BCUT2D eigenvalue weighted by Gasteiger charge is 2.34. The number of halogens is 1. The van der Waals surface area contributed by atoms with Crippen molar-refractivity contribution >= 4 is 41.3 Å². The molecule has 0 saturated heterocycles. The fourth-order valence-corrected chi connectivity index (χ4v) is 3.21. The minimum absolute atomic E-state index is 0. The van der Waals surface area contributed by atoms with Crippen LogP contribution >= 0.6 is 35.3 Å². The number of aliphatic imine (C=N–C) groups is 1. The number of hydrogen-bond acceptors (Lipinski definition) is 3. The smallest absolute Gasteiger partial charge is 0.191 e. The number of rotatable bonds is 6. The van der Waals surface area contributed by atoms with Crippen LogP contribution in [0.5, 0.6) is 0 Å². The van der Waals surface area contributed by atoms with Gasteiger partial charge in [-0.1, -0.05) is 19.9 Å². The second-order valence-corrected chi connectivity index (χ2v) is 7.44. The Morgan fingerprint density at radius 3 is 2.64 bits per heavy atom. The van der Waals surface area contributed by atoms with E-state index in [1.807, 2.05) is 0 Å². The first-order valence-electron chi connectivity index (χ1n) is 7.74. The highest BCUT2D eigenvalue weighted by Crippen LogP contribution is 2.30. The molecule has 3 N–H and O–H groups in total. The summed E-state index contributed by atoms with van der Waals surface area (Å²) in [6, 6.07) is 4.25. The van der Waals surface area contributed by atoms with E-state index >= 15 is 0 Å². The Morgan fingerprint density at radius 1 is 1.41 bits per heavy atom. The molecule has 0 aliphatic heterocycles. The first-order chi connectivity index (χ1) is 9.95. The Kier molecular flexibility index (Phi) is 7.61. The van der Waals surface area contributed by atoms with Crippen molar-refractivity contribution in [2.45, 2.75) is 51.0 Å². The molecule has 6 heteroatoms. The molecule has 1 aromatic rings. The predicted octanol–water partition coefficient (Wildman–Crippen LogP) is 3.11. The molecule has 0 bridgehead atoms. The molecule has 1 aliphatic carbocycles. The van der Waals surface area contributed by atoms with Gasteiger partial charge in [0, 0.05) is 23.4 Å². The van der Waals surface area contributed by atoms with Crippen LogP contribution in [-0.2, 0) is 5.41 Å². The zero-order valence-electron chi connectivity index (χ0n) is 13.7. The predicted molar refractivity (Wildman–Crippen MR) is 106 cm³/mol. The molecule has 0 radical (unpaired) electrons. The molecular weight excluding hydrogens is 409 g/mol. The molecule has 1 heterocycles. The standard InChI is InChI=1S/C16H27N3OS.HI/c1-4-17-14(19-12-16(20)8-6-9-16)18-11-15(2,3)13-7-5-10-21-13;/h5,7,10,20H,4,6,8-9,11-12H2,1-3H3,(H2,17,18,19);1H. The summed E-state index contributed by atoms with van der Waals surface area (Å²) in [5.74, 6) is 0.794. The second kappa shape index (κ2) is 8.49. The van der Waals surface area contributed by atoms with E-state index in [0.29, 0.717) is 6.54 Å². The number of hydrogen-bond donors (Lipinski definition) is 3. The summed E-state index contributed by atoms with van der Waals surface area (Å²) in [6.45, 7) is 8.61. The zero-order valence-corrected chi connectivity index (χ0v) is 16.8. The van der Waals surface area contributed by atoms with E-state index in [4.69, 9.17) is 4.99 Å². The molecule has 1 saturated carbocycles. The van der Waals surface area contributed by atoms with E-state index in [-0.39, 0.29) is 29.4 Å². The Bertz CT molecular complexity index is 470. The SMILES string of the molecule is CCNC(=NCC(C)(C)c1cccs1)NCC1(O)CCC1.I. The van der Waals surface area contributed by atoms with E-state index in [0.717, 1.165) is 38.3 Å². The van der Waals surface area contributed by atoms with Gasteiger partial charge in [-0.25, -0.2) is 0 Å². The van der Waals surface area contributed by atoms with Crippen molar-refractivity contribution in [3.63, 3.8) is 0 Å².